The van der Waals surface area contributed by atoms with Crippen LogP contribution in [-0.4, -0.2) is 112 Å². The van der Waals surface area contributed by atoms with Crippen molar-refractivity contribution in [3.63, 3.8) is 0 Å². The number of likely N-dealkylation sites (N-methyl/N-ethyl adjacent to an activating group) is 1. The molecule has 1 fully saturated rings. The molecule has 7 atom stereocenters. The average molecular weight is 620 g/mol. The number of nitrogens with zero attached hydrogens (tertiary/aromatic N) is 1. The predicted molar refractivity (Wildman–Crippen MR) is 144 cm³/mol. The highest BCUT2D eigenvalue weighted by atomic mass is 16.6. The number of esters is 3. The Kier molecular flexibility index (Phi) is 8.07. The van der Waals surface area contributed by atoms with Gasteiger partial charge < -0.3 is 49.0 Å². The normalized spacial score (nSPS) is 28.2. The van der Waals surface area contributed by atoms with Gasteiger partial charge in [-0.1, -0.05) is 6.07 Å². The maximum absolute atomic E-state index is 13.0. The number of carbonyl (C=O) groups is 5. The van der Waals surface area contributed by atoms with Crippen molar-refractivity contribution in [1.29, 1.82) is 0 Å². The number of aliphatic hydroxyl groups is 2. The second kappa shape index (κ2) is 11.4. The molecule has 0 unspecified atom stereocenters. The molecule has 2 bridgehead atoms. The Morgan fingerprint density at radius 3 is 2.50 bits per heavy atom. The number of benzene rings is 1. The number of aliphatic hydroxyl groups excluding tert-OH is 1. The maximum atomic E-state index is 13.0. The molecule has 15 nitrogen and oxygen atoms in total. The minimum absolute atomic E-state index is 0.0663. The van der Waals surface area contributed by atoms with Gasteiger partial charge in [0.2, 0.25) is 6.10 Å². The number of carboxylic acid groups (broad SMARTS) is 2. The van der Waals surface area contributed by atoms with Gasteiger partial charge in [0.15, 0.2) is 29.8 Å². The fraction of sp³-hybridized carbons (Fsp3) is 0.552. The Morgan fingerprint density at radius 2 is 1.84 bits per heavy atom. The Labute approximate surface area is 250 Å². The van der Waals surface area contributed by atoms with E-state index in [1.807, 2.05) is 13.1 Å². The van der Waals surface area contributed by atoms with Crippen LogP contribution in [0.25, 0.3) is 0 Å². The fourth-order valence-electron chi connectivity index (χ4n) is 6.88. The van der Waals surface area contributed by atoms with Crippen LogP contribution in [0.1, 0.15) is 43.7 Å². The standard InChI is InChI=1S/C29H33NO14/c1-13(26(37)43-18(25(35)36)12-20(32)33)41-21(34)11-15(31)27(38)42-17-6-7-29(39)19-10-14-4-5-16(40-3)23-22(14)28(29,24(17)44-23)8-9-30(19)2/h4-6,13,15,18-19,24,31,39H,7-12H2,1-3H3,(H,32,33)(H,35,36)/t13-,15-,18+,19-,24+,28+,29-/m0/s1. The number of rotatable bonds is 11. The number of aliphatic carboxylic acids is 2. The lowest BCUT2D eigenvalue weighted by molar-refractivity contribution is -0.179. The van der Waals surface area contributed by atoms with Crippen molar-refractivity contribution >= 4 is 29.8 Å². The lowest BCUT2D eigenvalue weighted by Gasteiger charge is -2.61. The van der Waals surface area contributed by atoms with E-state index in [4.69, 9.17) is 29.2 Å². The fourth-order valence-corrected chi connectivity index (χ4v) is 6.88. The zero-order chi connectivity index (χ0) is 32.1. The van der Waals surface area contributed by atoms with Gasteiger partial charge in [-0.15, -0.1) is 0 Å². The van der Waals surface area contributed by atoms with Crippen molar-refractivity contribution < 1.29 is 68.1 Å². The molecule has 1 saturated heterocycles. The van der Waals surface area contributed by atoms with Gasteiger partial charge in [-0.3, -0.25) is 9.59 Å². The molecule has 4 N–H and O–H groups in total. The van der Waals surface area contributed by atoms with Crippen LogP contribution < -0.4 is 9.47 Å². The van der Waals surface area contributed by atoms with Crippen LogP contribution in [0.3, 0.4) is 0 Å². The minimum atomic E-state index is -2.02. The topological polar surface area (TPSA) is 216 Å². The monoisotopic (exact) mass is 619 g/mol. The molecule has 4 aliphatic rings. The summed E-state index contributed by atoms with van der Waals surface area (Å²) in [5.74, 6) is -6.00. The number of piperidine rings is 1. The smallest absolute Gasteiger partial charge is 0.348 e. The van der Waals surface area contributed by atoms with Crippen LogP contribution in [0.5, 0.6) is 11.5 Å². The van der Waals surface area contributed by atoms with Crippen LogP contribution >= 0.6 is 0 Å². The summed E-state index contributed by atoms with van der Waals surface area (Å²) in [7, 11) is 3.45. The van der Waals surface area contributed by atoms with Crippen molar-refractivity contribution in [1.82, 2.24) is 4.90 Å². The lowest BCUT2D eigenvalue weighted by atomic mass is 9.50. The number of carbonyl (C=O) groups excluding carboxylic acids is 3. The van der Waals surface area contributed by atoms with Crippen LogP contribution in [-0.2, 0) is 50.0 Å². The average Bonchev–Trinajstić information content (AvgIpc) is 3.31. The molecule has 2 aliphatic heterocycles. The first-order valence-corrected chi connectivity index (χ1v) is 14.0. The quantitative estimate of drug-likeness (QED) is 0.184. The number of ether oxygens (including phenoxy) is 5. The van der Waals surface area contributed by atoms with Gasteiger partial charge in [-0.2, -0.15) is 0 Å². The first kappa shape index (κ1) is 31.2. The van der Waals surface area contributed by atoms with Gasteiger partial charge in [0.1, 0.15) is 5.76 Å². The molecule has 0 amide bonds. The number of methoxy groups -OCH3 is 1. The van der Waals surface area contributed by atoms with Gasteiger partial charge in [0, 0.05) is 18.0 Å². The molecule has 0 aromatic heterocycles. The van der Waals surface area contributed by atoms with Gasteiger partial charge >= 0.3 is 29.8 Å². The second-order valence-corrected chi connectivity index (χ2v) is 11.4. The Hall–Kier alpha value is -4.21. The lowest BCUT2D eigenvalue weighted by Crippen LogP contribution is -2.74. The molecular weight excluding hydrogens is 586 g/mol. The van der Waals surface area contributed by atoms with E-state index in [9.17, 15) is 34.2 Å². The number of hydrogen-bond donors (Lipinski definition) is 4. The van der Waals surface area contributed by atoms with E-state index < -0.39 is 78.1 Å². The summed E-state index contributed by atoms with van der Waals surface area (Å²) in [4.78, 5) is 61.5. The van der Waals surface area contributed by atoms with E-state index in [2.05, 4.69) is 9.64 Å². The molecule has 44 heavy (non-hydrogen) atoms. The molecule has 2 heterocycles. The van der Waals surface area contributed by atoms with E-state index in [1.54, 1.807) is 12.1 Å². The van der Waals surface area contributed by atoms with Crippen molar-refractivity contribution in [2.75, 3.05) is 20.7 Å². The van der Waals surface area contributed by atoms with Gasteiger partial charge in [-0.25, -0.2) is 14.4 Å². The molecule has 2 aliphatic carbocycles. The van der Waals surface area contributed by atoms with Crippen molar-refractivity contribution in [3.05, 3.63) is 35.1 Å². The van der Waals surface area contributed by atoms with E-state index in [1.165, 1.54) is 7.11 Å². The summed E-state index contributed by atoms with van der Waals surface area (Å²) < 4.78 is 26.9. The Bertz CT molecular complexity index is 1440. The van der Waals surface area contributed by atoms with E-state index in [0.29, 0.717) is 30.9 Å². The van der Waals surface area contributed by atoms with Crippen molar-refractivity contribution in [2.24, 2.45) is 0 Å². The van der Waals surface area contributed by atoms with Crippen LogP contribution in [0, 0.1) is 0 Å². The highest BCUT2D eigenvalue weighted by molar-refractivity contribution is 5.86. The molecule has 1 spiro atoms. The van der Waals surface area contributed by atoms with Crippen LogP contribution in [0.2, 0.25) is 0 Å². The summed E-state index contributed by atoms with van der Waals surface area (Å²) in [6, 6.07) is 3.50. The molecule has 5 rings (SSSR count). The molecule has 0 radical (unpaired) electrons. The number of hydrogen-bond acceptors (Lipinski definition) is 13. The third kappa shape index (κ3) is 4.94. The highest BCUT2D eigenvalue weighted by Crippen LogP contribution is 2.65. The zero-order valence-electron chi connectivity index (χ0n) is 24.2. The summed E-state index contributed by atoms with van der Waals surface area (Å²) in [6.07, 6.45) is -5.79. The predicted octanol–water partition coefficient (Wildman–Crippen LogP) is -0.330. The van der Waals surface area contributed by atoms with E-state index in [-0.39, 0.29) is 18.2 Å². The van der Waals surface area contributed by atoms with Gasteiger partial charge in [-0.05, 0) is 51.1 Å². The van der Waals surface area contributed by atoms with Crippen molar-refractivity contribution in [3.8, 4) is 11.5 Å². The van der Waals surface area contributed by atoms with E-state index >= 15 is 0 Å². The molecule has 15 heteroatoms. The van der Waals surface area contributed by atoms with Crippen LogP contribution in [0.15, 0.2) is 24.0 Å². The van der Waals surface area contributed by atoms with E-state index in [0.717, 1.165) is 18.1 Å². The summed E-state index contributed by atoms with van der Waals surface area (Å²) in [5.41, 5.74) is -0.401. The summed E-state index contributed by atoms with van der Waals surface area (Å²) in [5, 5.41) is 40.5. The Morgan fingerprint density at radius 1 is 1.11 bits per heavy atom. The molecule has 0 saturated carbocycles. The first-order chi connectivity index (χ1) is 20.7. The number of carboxylic acids is 2. The summed E-state index contributed by atoms with van der Waals surface area (Å²) in [6.45, 7) is 1.69. The molecule has 1 aromatic rings. The first-order valence-electron chi connectivity index (χ1n) is 14.0. The zero-order valence-corrected chi connectivity index (χ0v) is 24.2. The van der Waals surface area contributed by atoms with Gasteiger partial charge in [0.25, 0.3) is 0 Å². The molecular formula is C29H33NO14. The summed E-state index contributed by atoms with van der Waals surface area (Å²) >= 11 is 0. The third-order valence-electron chi connectivity index (χ3n) is 8.94. The SMILES string of the molecule is COc1ccc2c3c1O[C@@H]1C(OC(=O)[C@@H](O)CC(=O)O[C@@H](C)C(=O)O[C@H](CC(=O)O)C(=O)O)=CC[C@]4(O)[C@H](C2)N(C)CC[C@@]314. The largest absolute Gasteiger partial charge is 0.493 e. The molecule has 1 aromatic carbocycles. The second-order valence-electron chi connectivity index (χ2n) is 11.4. The van der Waals surface area contributed by atoms with Gasteiger partial charge in [0.05, 0.1) is 31.0 Å². The Balaban J connectivity index is 1.28. The maximum Gasteiger partial charge on any atom is 0.348 e. The van der Waals surface area contributed by atoms with Crippen molar-refractivity contribution in [2.45, 2.75) is 80.5 Å². The minimum Gasteiger partial charge on any atom is -0.493 e. The number of likely N-dealkylation sites (tertiary alicyclic amines) is 1. The highest BCUT2D eigenvalue weighted by Gasteiger charge is 2.72. The van der Waals surface area contributed by atoms with Crippen LogP contribution in [0.4, 0.5) is 0 Å². The molecule has 238 valence electrons. The third-order valence-corrected chi connectivity index (χ3v) is 8.94.